The number of hydrogen-bond acceptors (Lipinski definition) is 3. The van der Waals surface area contributed by atoms with Gasteiger partial charge >= 0.3 is 0 Å². The van der Waals surface area contributed by atoms with Crippen LogP contribution in [0.25, 0.3) is 0 Å². The number of hydrogen-bond donors (Lipinski definition) is 1. The molecule has 0 amide bonds. The minimum absolute atomic E-state index is 0.388. The first-order chi connectivity index (χ1) is 8.59. The lowest BCUT2D eigenvalue weighted by Crippen LogP contribution is -2.37. The van der Waals surface area contributed by atoms with Gasteiger partial charge in [-0.3, -0.25) is 0 Å². The van der Waals surface area contributed by atoms with Crippen molar-refractivity contribution >= 4 is 23.4 Å². The van der Waals surface area contributed by atoms with E-state index in [0.29, 0.717) is 0 Å². The van der Waals surface area contributed by atoms with Crippen molar-refractivity contribution in [3.8, 4) is 6.07 Å². The van der Waals surface area contributed by atoms with Crippen molar-refractivity contribution in [2.45, 2.75) is 31.1 Å². The predicted octanol–water partition coefficient (Wildman–Crippen LogP) is 3.86. The van der Waals surface area contributed by atoms with Gasteiger partial charge in [-0.1, -0.05) is 23.7 Å². The maximum Gasteiger partial charge on any atom is 0.103 e. The molecule has 1 N–H and O–H groups in total. The number of thioether (sulfide) groups is 1. The zero-order valence-corrected chi connectivity index (χ0v) is 12.4. The second-order valence-electron chi connectivity index (χ2n) is 4.48. The topological polar surface area (TPSA) is 35.8 Å². The quantitative estimate of drug-likeness (QED) is 0.772. The molecule has 0 radical (unpaired) electrons. The summed E-state index contributed by atoms with van der Waals surface area (Å²) in [5.74, 6) is 2.07. The number of nitrogens with zero attached hydrogens (tertiary/aromatic N) is 1. The first-order valence-electron chi connectivity index (χ1n) is 6.02. The van der Waals surface area contributed by atoms with Crippen molar-refractivity contribution in [1.82, 2.24) is 5.32 Å². The molecule has 0 aromatic heterocycles. The van der Waals surface area contributed by atoms with Gasteiger partial charge < -0.3 is 5.32 Å². The predicted molar refractivity (Wildman–Crippen MR) is 79.9 cm³/mol. The maximum absolute atomic E-state index is 9.01. The molecule has 0 aliphatic carbocycles. The Kier molecular flexibility index (Phi) is 6.56. The molecule has 1 atom stereocenters. The van der Waals surface area contributed by atoms with Crippen molar-refractivity contribution in [2.75, 3.05) is 12.8 Å². The summed E-state index contributed by atoms with van der Waals surface area (Å²) in [7, 11) is 1.84. The summed E-state index contributed by atoms with van der Waals surface area (Å²) in [6.07, 6.45) is 1.93. The maximum atomic E-state index is 9.01. The van der Waals surface area contributed by atoms with Crippen LogP contribution in [-0.4, -0.2) is 18.3 Å². The first-order valence-corrected chi connectivity index (χ1v) is 7.55. The van der Waals surface area contributed by atoms with Crippen LogP contribution < -0.4 is 5.32 Å². The zero-order chi connectivity index (χ0) is 13.4. The molecule has 1 unspecified atom stereocenters. The average Bonchev–Trinajstić information content (AvgIpc) is 2.40. The van der Waals surface area contributed by atoms with Crippen molar-refractivity contribution in [2.24, 2.45) is 0 Å². The van der Waals surface area contributed by atoms with Gasteiger partial charge in [-0.2, -0.15) is 17.0 Å². The summed E-state index contributed by atoms with van der Waals surface area (Å²) in [5, 5.41) is 12.9. The van der Waals surface area contributed by atoms with E-state index in [0.717, 1.165) is 29.4 Å². The second kappa shape index (κ2) is 7.68. The first kappa shape index (κ1) is 15.4. The van der Waals surface area contributed by atoms with Gasteiger partial charge in [0.05, 0.1) is 6.07 Å². The molecule has 98 valence electrons. The van der Waals surface area contributed by atoms with Crippen LogP contribution in [0.5, 0.6) is 0 Å². The van der Waals surface area contributed by atoms with E-state index < -0.39 is 0 Å². The molecule has 0 saturated carbocycles. The van der Waals surface area contributed by atoms with Crippen LogP contribution in [0.3, 0.4) is 0 Å². The molecular formula is C14H19ClN2S. The number of benzene rings is 1. The van der Waals surface area contributed by atoms with E-state index in [2.05, 4.69) is 23.5 Å². The summed E-state index contributed by atoms with van der Waals surface area (Å²) in [6.45, 7) is 1.94. The standard InChI is InChI=1S/C14H19ClN2S/c1-14(11-16,17-2)8-3-9-18-10-12-4-6-13(15)7-5-12/h4-7,17H,3,8-10H2,1-2H3. The van der Waals surface area contributed by atoms with Crippen molar-refractivity contribution < 1.29 is 0 Å². The Balaban J connectivity index is 2.20. The zero-order valence-electron chi connectivity index (χ0n) is 10.9. The Hall–Kier alpha value is -0.690. The smallest absolute Gasteiger partial charge is 0.103 e. The van der Waals surface area contributed by atoms with Crippen LogP contribution in [0.2, 0.25) is 5.02 Å². The van der Waals surface area contributed by atoms with Gasteiger partial charge in [-0.05, 0) is 50.3 Å². The number of nitrogens with one attached hydrogen (secondary N) is 1. The second-order valence-corrected chi connectivity index (χ2v) is 6.02. The molecule has 18 heavy (non-hydrogen) atoms. The molecule has 1 aromatic rings. The lowest BCUT2D eigenvalue weighted by Gasteiger charge is -2.20. The third-order valence-electron chi connectivity index (χ3n) is 2.95. The van der Waals surface area contributed by atoms with Crippen molar-refractivity contribution in [3.63, 3.8) is 0 Å². The lowest BCUT2D eigenvalue weighted by molar-refractivity contribution is 0.451. The van der Waals surface area contributed by atoms with Gasteiger partial charge in [0.2, 0.25) is 0 Å². The molecule has 0 spiro atoms. The monoisotopic (exact) mass is 282 g/mol. The van der Waals surface area contributed by atoms with E-state index in [1.807, 2.05) is 37.9 Å². The summed E-state index contributed by atoms with van der Waals surface area (Å²) in [5.41, 5.74) is 0.905. The van der Waals surface area contributed by atoms with Crippen LogP contribution >= 0.6 is 23.4 Å². The molecule has 0 aliphatic rings. The van der Waals surface area contributed by atoms with Crippen molar-refractivity contribution in [3.05, 3.63) is 34.9 Å². The molecule has 0 aliphatic heterocycles. The van der Waals surface area contributed by atoms with E-state index in [1.54, 1.807) is 0 Å². The van der Waals surface area contributed by atoms with E-state index in [1.165, 1.54) is 5.56 Å². The van der Waals surface area contributed by atoms with Gasteiger partial charge in [0, 0.05) is 10.8 Å². The van der Waals surface area contributed by atoms with Crippen molar-refractivity contribution in [1.29, 1.82) is 5.26 Å². The normalized spacial score (nSPS) is 13.9. The Labute approximate surface area is 119 Å². The molecule has 0 fully saturated rings. The highest BCUT2D eigenvalue weighted by Gasteiger charge is 2.19. The van der Waals surface area contributed by atoms with Gasteiger partial charge in [-0.15, -0.1) is 0 Å². The van der Waals surface area contributed by atoms with Crippen LogP contribution in [0.4, 0.5) is 0 Å². The average molecular weight is 283 g/mol. The van der Waals surface area contributed by atoms with Crippen LogP contribution in [-0.2, 0) is 5.75 Å². The third kappa shape index (κ3) is 5.30. The number of rotatable bonds is 7. The fourth-order valence-corrected chi connectivity index (χ4v) is 2.58. The largest absolute Gasteiger partial charge is 0.303 e. The van der Waals surface area contributed by atoms with E-state index in [4.69, 9.17) is 16.9 Å². The highest BCUT2D eigenvalue weighted by molar-refractivity contribution is 7.98. The third-order valence-corrected chi connectivity index (χ3v) is 4.31. The van der Waals surface area contributed by atoms with E-state index in [9.17, 15) is 0 Å². The minimum atomic E-state index is -0.388. The van der Waals surface area contributed by atoms with Gasteiger partial charge in [0.25, 0.3) is 0 Å². The highest BCUT2D eigenvalue weighted by atomic mass is 35.5. The van der Waals surface area contributed by atoms with Crippen LogP contribution in [0.1, 0.15) is 25.3 Å². The summed E-state index contributed by atoms with van der Waals surface area (Å²) in [6, 6.07) is 10.3. The van der Waals surface area contributed by atoms with Gasteiger partial charge in [0.1, 0.15) is 5.54 Å². The van der Waals surface area contributed by atoms with Gasteiger partial charge in [-0.25, -0.2) is 0 Å². The van der Waals surface area contributed by atoms with E-state index in [-0.39, 0.29) is 5.54 Å². The highest BCUT2D eigenvalue weighted by Crippen LogP contribution is 2.18. The molecule has 0 saturated heterocycles. The number of halogens is 1. The Morgan fingerprint density at radius 1 is 1.39 bits per heavy atom. The Bertz CT molecular complexity index is 399. The van der Waals surface area contributed by atoms with Crippen LogP contribution in [0.15, 0.2) is 24.3 Å². The molecule has 1 aromatic carbocycles. The summed E-state index contributed by atoms with van der Waals surface area (Å²) >= 11 is 7.73. The summed E-state index contributed by atoms with van der Waals surface area (Å²) < 4.78 is 0. The fourth-order valence-electron chi connectivity index (χ4n) is 1.54. The molecular weight excluding hydrogens is 264 g/mol. The fraction of sp³-hybridized carbons (Fsp3) is 0.500. The van der Waals surface area contributed by atoms with E-state index >= 15 is 0 Å². The van der Waals surface area contributed by atoms with Crippen LogP contribution in [0, 0.1) is 11.3 Å². The molecule has 1 rings (SSSR count). The summed E-state index contributed by atoms with van der Waals surface area (Å²) in [4.78, 5) is 0. The molecule has 4 heteroatoms. The van der Waals surface area contributed by atoms with Gasteiger partial charge in [0.15, 0.2) is 0 Å². The molecule has 2 nitrogen and oxygen atoms in total. The molecule has 0 bridgehead atoms. The lowest BCUT2D eigenvalue weighted by atomic mass is 9.99. The SMILES string of the molecule is CNC(C)(C#N)CCCSCc1ccc(Cl)cc1. The molecule has 0 heterocycles. The Morgan fingerprint density at radius 2 is 2.06 bits per heavy atom. The minimum Gasteiger partial charge on any atom is -0.303 e. The Morgan fingerprint density at radius 3 is 2.61 bits per heavy atom. The number of nitriles is 1.